The number of amides is 1. The van der Waals surface area contributed by atoms with Gasteiger partial charge in [-0.05, 0) is 36.8 Å². The lowest BCUT2D eigenvalue weighted by Crippen LogP contribution is -2.28. The van der Waals surface area contributed by atoms with Crippen molar-refractivity contribution in [3.05, 3.63) is 76.7 Å². The second kappa shape index (κ2) is 8.69. The van der Waals surface area contributed by atoms with Crippen LogP contribution < -0.4 is 10.1 Å². The van der Waals surface area contributed by atoms with Crippen molar-refractivity contribution in [2.75, 3.05) is 0 Å². The number of aromatic carboxylic acids is 1. The molecule has 0 spiro atoms. The van der Waals surface area contributed by atoms with E-state index in [1.54, 1.807) is 0 Å². The Balaban J connectivity index is 1.95. The van der Waals surface area contributed by atoms with Gasteiger partial charge in [-0.2, -0.15) is 18.3 Å². The first-order valence-corrected chi connectivity index (χ1v) is 9.19. The summed E-state index contributed by atoms with van der Waals surface area (Å²) < 4.78 is 60.3. The van der Waals surface area contributed by atoms with Gasteiger partial charge in [-0.15, -0.1) is 0 Å². The van der Waals surface area contributed by atoms with E-state index in [2.05, 4.69) is 10.4 Å². The van der Waals surface area contributed by atoms with Crippen molar-refractivity contribution in [2.24, 2.45) is 7.05 Å². The lowest BCUT2D eigenvalue weighted by atomic mass is 10.1. The number of alkyl halides is 3. The average molecular weight is 451 g/mol. The molecule has 1 amide bonds. The second-order valence-electron chi connectivity index (χ2n) is 6.83. The van der Waals surface area contributed by atoms with E-state index < -0.39 is 47.0 Å². The number of hydrogen-bond acceptors (Lipinski definition) is 4. The number of ether oxygens (including phenoxy) is 1. The molecule has 3 rings (SSSR count). The van der Waals surface area contributed by atoms with Gasteiger partial charge in [0.05, 0.1) is 11.6 Å². The molecule has 1 atom stereocenters. The van der Waals surface area contributed by atoms with Gasteiger partial charge in [0.15, 0.2) is 5.69 Å². The van der Waals surface area contributed by atoms with E-state index in [0.717, 1.165) is 23.9 Å². The Morgan fingerprint density at radius 3 is 2.38 bits per heavy atom. The molecule has 0 bridgehead atoms. The summed E-state index contributed by atoms with van der Waals surface area (Å²) in [5.41, 5.74) is -1.84. The molecule has 2 N–H and O–H groups in total. The number of rotatable bonds is 6. The maximum atomic E-state index is 13.6. The van der Waals surface area contributed by atoms with Crippen LogP contribution in [0.4, 0.5) is 17.6 Å². The number of carbonyl (C=O) groups is 2. The molecule has 0 aliphatic carbocycles. The Labute approximate surface area is 179 Å². The van der Waals surface area contributed by atoms with Crippen LogP contribution in [-0.4, -0.2) is 26.8 Å². The predicted molar refractivity (Wildman–Crippen MR) is 104 cm³/mol. The average Bonchev–Trinajstić information content (AvgIpc) is 3.04. The molecule has 0 aliphatic rings. The normalized spacial score (nSPS) is 12.3. The molecule has 3 aromatic rings. The molecule has 1 aromatic heterocycles. The monoisotopic (exact) mass is 451 g/mol. The van der Waals surface area contributed by atoms with Crippen molar-refractivity contribution < 1.29 is 37.0 Å². The van der Waals surface area contributed by atoms with Crippen molar-refractivity contribution in [1.82, 2.24) is 15.1 Å². The molecule has 7 nitrogen and oxygen atoms in total. The van der Waals surface area contributed by atoms with Crippen LogP contribution in [0.5, 0.6) is 11.6 Å². The molecular formula is C21H17F4N3O4. The van der Waals surface area contributed by atoms with Gasteiger partial charge < -0.3 is 15.2 Å². The molecule has 0 aliphatic heterocycles. The van der Waals surface area contributed by atoms with E-state index in [0.29, 0.717) is 5.56 Å². The van der Waals surface area contributed by atoms with Gasteiger partial charge in [0.2, 0.25) is 5.88 Å². The number of benzene rings is 2. The van der Waals surface area contributed by atoms with E-state index in [4.69, 9.17) is 9.84 Å². The Hall–Kier alpha value is -3.89. The van der Waals surface area contributed by atoms with Gasteiger partial charge in [0, 0.05) is 13.1 Å². The highest BCUT2D eigenvalue weighted by Crippen LogP contribution is 2.37. The first-order valence-electron chi connectivity index (χ1n) is 9.19. The third kappa shape index (κ3) is 4.88. The highest BCUT2D eigenvalue weighted by atomic mass is 19.4. The zero-order chi connectivity index (χ0) is 23.6. The quantitative estimate of drug-likeness (QED) is 0.536. The molecule has 0 radical (unpaired) electrons. The zero-order valence-electron chi connectivity index (χ0n) is 16.8. The van der Waals surface area contributed by atoms with Crippen molar-refractivity contribution in [1.29, 1.82) is 0 Å². The Morgan fingerprint density at radius 1 is 1.16 bits per heavy atom. The van der Waals surface area contributed by atoms with Crippen LogP contribution in [0.3, 0.4) is 0 Å². The minimum absolute atomic E-state index is 0.0182. The van der Waals surface area contributed by atoms with Gasteiger partial charge in [-0.3, -0.25) is 4.79 Å². The highest BCUT2D eigenvalue weighted by Gasteiger charge is 2.42. The van der Waals surface area contributed by atoms with E-state index >= 15 is 0 Å². The number of nitrogens with one attached hydrogen (secondary N) is 1. The third-order valence-electron chi connectivity index (χ3n) is 4.51. The number of hydrogen-bond donors (Lipinski definition) is 2. The minimum atomic E-state index is -4.96. The van der Waals surface area contributed by atoms with Crippen LogP contribution in [0, 0.1) is 5.82 Å². The number of carbonyl (C=O) groups excluding carboxylic acids is 1. The summed E-state index contributed by atoms with van der Waals surface area (Å²) in [7, 11) is 1.16. The summed E-state index contributed by atoms with van der Waals surface area (Å²) in [6.45, 7) is 1.52. The second-order valence-corrected chi connectivity index (χ2v) is 6.83. The fraction of sp³-hybridized carbons (Fsp3) is 0.190. The van der Waals surface area contributed by atoms with Crippen molar-refractivity contribution >= 4 is 11.9 Å². The standard InChI is InChI=1S/C21H17F4N3O4/c1-11(12-6-8-13(9-7-12)20(30)31)26-18(29)16-17(21(23,24)25)27-28(2)19(16)32-15-5-3-4-14(22)10-15/h3-11H,1-2H3,(H,26,29)(H,30,31)/t11-/m0/s1. The first-order chi connectivity index (χ1) is 15.0. The van der Waals surface area contributed by atoms with E-state index in [-0.39, 0.29) is 11.3 Å². The number of carboxylic acid groups (broad SMARTS) is 1. The van der Waals surface area contributed by atoms with Crippen LogP contribution in [0.15, 0.2) is 48.5 Å². The summed E-state index contributed by atoms with van der Waals surface area (Å²) in [5.74, 6) is -3.57. The molecule has 0 saturated carbocycles. The molecular weight excluding hydrogens is 434 g/mol. The largest absolute Gasteiger partial charge is 0.478 e. The van der Waals surface area contributed by atoms with Gasteiger partial charge in [0.25, 0.3) is 5.91 Å². The number of halogens is 4. The maximum absolute atomic E-state index is 13.6. The van der Waals surface area contributed by atoms with Crippen LogP contribution >= 0.6 is 0 Å². The summed E-state index contributed by atoms with van der Waals surface area (Å²) in [6.07, 6.45) is -4.96. The molecule has 168 valence electrons. The third-order valence-corrected chi connectivity index (χ3v) is 4.51. The fourth-order valence-corrected chi connectivity index (χ4v) is 2.94. The van der Waals surface area contributed by atoms with Crippen molar-refractivity contribution in [2.45, 2.75) is 19.1 Å². The molecule has 32 heavy (non-hydrogen) atoms. The highest BCUT2D eigenvalue weighted by molar-refractivity contribution is 5.98. The first kappa shape index (κ1) is 22.8. The molecule has 1 heterocycles. The topological polar surface area (TPSA) is 93.5 Å². The van der Waals surface area contributed by atoms with E-state index in [9.17, 15) is 27.2 Å². The minimum Gasteiger partial charge on any atom is -0.478 e. The van der Waals surface area contributed by atoms with Crippen molar-refractivity contribution in [3.63, 3.8) is 0 Å². The summed E-state index contributed by atoms with van der Waals surface area (Å²) >= 11 is 0. The summed E-state index contributed by atoms with van der Waals surface area (Å²) in [4.78, 5) is 23.8. The predicted octanol–water partition coefficient (Wildman–Crippen LogP) is 4.56. The van der Waals surface area contributed by atoms with Crippen LogP contribution in [0.1, 0.15) is 44.9 Å². The SMILES string of the molecule is C[C@H](NC(=O)c1c(C(F)(F)F)nn(C)c1Oc1cccc(F)c1)c1ccc(C(=O)O)cc1. The molecule has 0 saturated heterocycles. The Morgan fingerprint density at radius 2 is 1.81 bits per heavy atom. The van der Waals surface area contributed by atoms with Crippen LogP contribution in [0.2, 0.25) is 0 Å². The van der Waals surface area contributed by atoms with E-state index in [1.807, 2.05) is 0 Å². The maximum Gasteiger partial charge on any atom is 0.436 e. The summed E-state index contributed by atoms with van der Waals surface area (Å²) in [6, 6.07) is 9.42. The molecule has 0 unspecified atom stereocenters. The number of carboxylic acids is 1. The van der Waals surface area contributed by atoms with Gasteiger partial charge in [0.1, 0.15) is 17.1 Å². The van der Waals surface area contributed by atoms with E-state index in [1.165, 1.54) is 43.3 Å². The molecule has 11 heteroatoms. The van der Waals surface area contributed by atoms with Crippen LogP contribution in [0.25, 0.3) is 0 Å². The lowest BCUT2D eigenvalue weighted by Gasteiger charge is -2.16. The number of aryl methyl sites for hydroxylation is 1. The van der Waals surface area contributed by atoms with Crippen LogP contribution in [-0.2, 0) is 13.2 Å². The van der Waals surface area contributed by atoms with Crippen molar-refractivity contribution in [3.8, 4) is 11.6 Å². The lowest BCUT2D eigenvalue weighted by molar-refractivity contribution is -0.141. The number of nitrogens with zero attached hydrogens (tertiary/aromatic N) is 2. The Kier molecular flexibility index (Phi) is 6.19. The number of aromatic nitrogens is 2. The zero-order valence-corrected chi connectivity index (χ0v) is 16.8. The molecule has 0 fully saturated rings. The van der Waals surface area contributed by atoms with Gasteiger partial charge in [-0.1, -0.05) is 18.2 Å². The van der Waals surface area contributed by atoms with Gasteiger partial charge in [-0.25, -0.2) is 13.9 Å². The molecule has 2 aromatic carbocycles. The Bertz CT molecular complexity index is 1160. The summed E-state index contributed by atoms with van der Waals surface area (Å²) in [5, 5.41) is 14.8. The van der Waals surface area contributed by atoms with Gasteiger partial charge >= 0.3 is 12.1 Å². The smallest absolute Gasteiger partial charge is 0.436 e. The fourth-order valence-electron chi connectivity index (χ4n) is 2.94.